The van der Waals surface area contributed by atoms with Crippen molar-refractivity contribution in [2.24, 2.45) is 0 Å². The SMILES string of the molecule is N#CC1(NC(=O)Cn2nnn(-c3ccccc3Cl)c2=O)CCCC1. The highest BCUT2D eigenvalue weighted by Gasteiger charge is 2.35. The van der Waals surface area contributed by atoms with Crippen LogP contribution in [0.3, 0.4) is 0 Å². The molecule has 0 saturated heterocycles. The summed E-state index contributed by atoms with van der Waals surface area (Å²) in [6.45, 7) is -0.299. The third-order valence-corrected chi connectivity index (χ3v) is 4.38. The summed E-state index contributed by atoms with van der Waals surface area (Å²) in [6.07, 6.45) is 3.04. The summed E-state index contributed by atoms with van der Waals surface area (Å²) in [6, 6.07) is 8.88. The Balaban J connectivity index is 1.78. The van der Waals surface area contributed by atoms with Gasteiger partial charge in [0.2, 0.25) is 5.91 Å². The number of aromatic nitrogens is 4. The standard InChI is InChI=1S/C15H15ClN6O2/c16-11-5-1-2-6-12(11)22-14(24)21(19-20-22)9-13(23)18-15(10-17)7-3-4-8-15/h1-2,5-6H,3-4,7-9H2,(H,18,23). The van der Waals surface area contributed by atoms with Gasteiger partial charge in [0.25, 0.3) is 0 Å². The lowest BCUT2D eigenvalue weighted by Crippen LogP contribution is -2.47. The van der Waals surface area contributed by atoms with Crippen molar-refractivity contribution in [3.05, 3.63) is 39.8 Å². The van der Waals surface area contributed by atoms with Gasteiger partial charge in [0.1, 0.15) is 12.1 Å². The molecule has 1 amide bonds. The molecule has 1 saturated carbocycles. The van der Waals surface area contributed by atoms with E-state index in [1.807, 2.05) is 0 Å². The Morgan fingerprint density at radius 2 is 2.04 bits per heavy atom. The van der Waals surface area contributed by atoms with Crippen molar-refractivity contribution in [1.82, 2.24) is 25.1 Å². The average molecular weight is 347 g/mol. The van der Waals surface area contributed by atoms with E-state index >= 15 is 0 Å². The lowest BCUT2D eigenvalue weighted by atomic mass is 10.00. The van der Waals surface area contributed by atoms with E-state index in [0.29, 0.717) is 23.6 Å². The van der Waals surface area contributed by atoms with Crippen molar-refractivity contribution < 1.29 is 4.79 Å². The summed E-state index contributed by atoms with van der Waals surface area (Å²) in [7, 11) is 0. The van der Waals surface area contributed by atoms with Gasteiger partial charge in [-0.15, -0.1) is 0 Å². The van der Waals surface area contributed by atoms with E-state index in [-0.39, 0.29) is 6.54 Å². The van der Waals surface area contributed by atoms with Gasteiger partial charge in [-0.3, -0.25) is 4.79 Å². The fourth-order valence-corrected chi connectivity index (χ4v) is 3.05. The first kappa shape index (κ1) is 16.2. The molecule has 3 rings (SSSR count). The zero-order valence-corrected chi connectivity index (χ0v) is 13.5. The van der Waals surface area contributed by atoms with Crippen molar-refractivity contribution in [3.8, 4) is 11.8 Å². The Bertz CT molecular complexity index is 859. The van der Waals surface area contributed by atoms with Crippen LogP contribution in [0.2, 0.25) is 5.02 Å². The number of benzene rings is 1. The summed E-state index contributed by atoms with van der Waals surface area (Å²) >= 11 is 6.04. The molecule has 1 aliphatic rings. The minimum atomic E-state index is -0.834. The van der Waals surface area contributed by atoms with E-state index in [2.05, 4.69) is 21.8 Å². The molecule has 0 radical (unpaired) electrons. The number of nitrogens with zero attached hydrogens (tertiary/aromatic N) is 5. The summed E-state index contributed by atoms with van der Waals surface area (Å²) in [5.74, 6) is -0.438. The van der Waals surface area contributed by atoms with Crippen LogP contribution in [0.1, 0.15) is 25.7 Å². The highest BCUT2D eigenvalue weighted by Crippen LogP contribution is 2.28. The van der Waals surface area contributed by atoms with E-state index in [0.717, 1.165) is 22.2 Å². The predicted octanol–water partition coefficient (Wildman–Crippen LogP) is 1.03. The number of hydrogen-bond donors (Lipinski definition) is 1. The molecular weight excluding hydrogens is 332 g/mol. The van der Waals surface area contributed by atoms with Crippen molar-refractivity contribution >= 4 is 17.5 Å². The van der Waals surface area contributed by atoms with Gasteiger partial charge in [-0.1, -0.05) is 23.7 Å². The molecule has 1 fully saturated rings. The maximum atomic E-state index is 12.3. The lowest BCUT2D eigenvalue weighted by Gasteiger charge is -2.21. The molecule has 1 aromatic carbocycles. The molecule has 9 heteroatoms. The highest BCUT2D eigenvalue weighted by molar-refractivity contribution is 6.32. The van der Waals surface area contributed by atoms with E-state index < -0.39 is 17.1 Å². The maximum Gasteiger partial charge on any atom is 0.369 e. The second-order valence-corrected chi connectivity index (χ2v) is 6.14. The van der Waals surface area contributed by atoms with E-state index in [1.54, 1.807) is 24.3 Å². The Labute approximate surface area is 142 Å². The number of nitriles is 1. The molecule has 0 bridgehead atoms. The van der Waals surface area contributed by atoms with Crippen LogP contribution < -0.4 is 11.0 Å². The predicted molar refractivity (Wildman–Crippen MR) is 85.6 cm³/mol. The van der Waals surface area contributed by atoms with Gasteiger partial charge < -0.3 is 5.32 Å². The molecule has 1 N–H and O–H groups in total. The third-order valence-electron chi connectivity index (χ3n) is 4.06. The van der Waals surface area contributed by atoms with Gasteiger partial charge >= 0.3 is 5.69 Å². The number of para-hydroxylation sites is 1. The van der Waals surface area contributed by atoms with Crippen LogP contribution in [0, 0.1) is 11.3 Å². The number of nitrogens with one attached hydrogen (secondary N) is 1. The minimum Gasteiger partial charge on any atom is -0.336 e. The molecule has 0 spiro atoms. The largest absolute Gasteiger partial charge is 0.369 e. The second kappa shape index (κ2) is 6.45. The van der Waals surface area contributed by atoms with E-state index in [1.165, 1.54) is 0 Å². The van der Waals surface area contributed by atoms with Crippen LogP contribution in [-0.2, 0) is 11.3 Å². The third kappa shape index (κ3) is 3.03. The molecule has 8 nitrogen and oxygen atoms in total. The van der Waals surface area contributed by atoms with Crippen LogP contribution in [0.25, 0.3) is 5.69 Å². The number of carbonyl (C=O) groups is 1. The normalized spacial score (nSPS) is 15.8. The van der Waals surface area contributed by atoms with Gasteiger partial charge in [0.15, 0.2) is 0 Å². The summed E-state index contributed by atoms with van der Waals surface area (Å²) < 4.78 is 1.98. The van der Waals surface area contributed by atoms with Crippen LogP contribution in [0.4, 0.5) is 0 Å². The van der Waals surface area contributed by atoms with Crippen LogP contribution in [0.5, 0.6) is 0 Å². The van der Waals surface area contributed by atoms with Crippen molar-refractivity contribution in [3.63, 3.8) is 0 Å². The topological polar surface area (TPSA) is 106 Å². The van der Waals surface area contributed by atoms with Crippen LogP contribution in [0.15, 0.2) is 29.1 Å². The first-order valence-corrected chi connectivity index (χ1v) is 7.92. The van der Waals surface area contributed by atoms with Gasteiger partial charge in [0.05, 0.1) is 16.8 Å². The number of rotatable bonds is 4. The fourth-order valence-electron chi connectivity index (χ4n) is 2.83. The minimum absolute atomic E-state index is 0.299. The molecule has 1 heterocycles. The van der Waals surface area contributed by atoms with Crippen LogP contribution in [-0.4, -0.2) is 31.2 Å². The summed E-state index contributed by atoms with van der Waals surface area (Å²) in [5.41, 5.74) is -1.02. The number of carbonyl (C=O) groups excluding carboxylic acids is 1. The van der Waals surface area contributed by atoms with E-state index in [4.69, 9.17) is 11.6 Å². The van der Waals surface area contributed by atoms with Crippen molar-refractivity contribution in [1.29, 1.82) is 5.26 Å². The quantitative estimate of drug-likeness (QED) is 0.890. The van der Waals surface area contributed by atoms with Gasteiger partial charge in [0, 0.05) is 0 Å². The fraction of sp³-hybridized carbons (Fsp3) is 0.400. The Kier molecular flexibility index (Phi) is 4.36. The molecular formula is C15H15ClN6O2. The number of tetrazole rings is 1. The van der Waals surface area contributed by atoms with Gasteiger partial charge in [-0.25, -0.2) is 4.79 Å². The molecule has 1 aromatic heterocycles. The smallest absolute Gasteiger partial charge is 0.336 e. The van der Waals surface area contributed by atoms with Crippen molar-refractivity contribution in [2.75, 3.05) is 0 Å². The average Bonchev–Trinajstić information content (AvgIpc) is 3.17. The molecule has 1 aliphatic carbocycles. The molecule has 0 atom stereocenters. The monoisotopic (exact) mass is 346 g/mol. The maximum absolute atomic E-state index is 12.3. The van der Waals surface area contributed by atoms with E-state index in [9.17, 15) is 14.9 Å². The lowest BCUT2D eigenvalue weighted by molar-refractivity contribution is -0.123. The zero-order chi connectivity index (χ0) is 17.2. The summed E-state index contributed by atoms with van der Waals surface area (Å²) in [5, 5.41) is 19.8. The first-order chi connectivity index (χ1) is 11.5. The zero-order valence-electron chi connectivity index (χ0n) is 12.8. The number of hydrogen-bond acceptors (Lipinski definition) is 5. The molecule has 24 heavy (non-hydrogen) atoms. The van der Waals surface area contributed by atoms with Gasteiger partial charge in [-0.05, 0) is 48.2 Å². The Morgan fingerprint density at radius 1 is 1.33 bits per heavy atom. The van der Waals surface area contributed by atoms with Gasteiger partial charge in [-0.2, -0.15) is 14.6 Å². The second-order valence-electron chi connectivity index (χ2n) is 5.73. The van der Waals surface area contributed by atoms with Crippen LogP contribution >= 0.6 is 11.6 Å². The number of halogens is 1. The van der Waals surface area contributed by atoms with Crippen molar-refractivity contribution in [2.45, 2.75) is 37.8 Å². The first-order valence-electron chi connectivity index (χ1n) is 7.55. The molecule has 0 unspecified atom stereocenters. The molecule has 124 valence electrons. The summed E-state index contributed by atoms with van der Waals surface area (Å²) in [4.78, 5) is 24.5. The number of amides is 1. The Hall–Kier alpha value is -2.66. The Morgan fingerprint density at radius 3 is 2.71 bits per heavy atom. The molecule has 0 aliphatic heterocycles. The molecule has 2 aromatic rings. The highest BCUT2D eigenvalue weighted by atomic mass is 35.5.